The number of hydrogen-bond acceptors (Lipinski definition) is 2. The highest BCUT2D eigenvalue weighted by atomic mass is 79.9. The molecule has 0 amide bonds. The van der Waals surface area contributed by atoms with E-state index in [1.54, 1.807) is 0 Å². The molecule has 19 heavy (non-hydrogen) atoms. The van der Waals surface area contributed by atoms with Gasteiger partial charge in [-0.25, -0.2) is 0 Å². The molecule has 1 saturated heterocycles. The van der Waals surface area contributed by atoms with Crippen molar-refractivity contribution in [3.63, 3.8) is 0 Å². The third-order valence-electron chi connectivity index (χ3n) is 4.03. The first-order valence-electron chi connectivity index (χ1n) is 7.17. The minimum Gasteiger partial charge on any atom is -0.295 e. The van der Waals surface area contributed by atoms with Crippen LogP contribution in [0.15, 0.2) is 4.47 Å². The van der Waals surface area contributed by atoms with Crippen LogP contribution in [-0.4, -0.2) is 32.6 Å². The van der Waals surface area contributed by atoms with E-state index >= 15 is 0 Å². The first-order chi connectivity index (χ1) is 9.17. The first-order valence-corrected chi connectivity index (χ1v) is 9.09. The van der Waals surface area contributed by atoms with E-state index < -0.39 is 0 Å². The highest BCUT2D eigenvalue weighted by Gasteiger charge is 2.26. The third kappa shape index (κ3) is 3.61. The summed E-state index contributed by atoms with van der Waals surface area (Å²) in [5, 5.41) is 5.71. The smallest absolute Gasteiger partial charge is 0.0767 e. The van der Waals surface area contributed by atoms with Crippen LogP contribution in [0.25, 0.3) is 0 Å². The van der Waals surface area contributed by atoms with Crippen molar-refractivity contribution < 1.29 is 0 Å². The van der Waals surface area contributed by atoms with Crippen LogP contribution in [0.2, 0.25) is 0 Å². The Morgan fingerprint density at radius 2 is 2.21 bits per heavy atom. The fourth-order valence-electron chi connectivity index (χ4n) is 2.93. The second kappa shape index (κ2) is 7.23. The molecule has 0 spiro atoms. The van der Waals surface area contributed by atoms with Crippen LogP contribution in [0.3, 0.4) is 0 Å². The SMILES string of the molecule is CCc1nn(C)c(CN2CCCC2CCCBr)c1Br. The average Bonchev–Trinajstić information content (AvgIpc) is 2.95. The summed E-state index contributed by atoms with van der Waals surface area (Å²) in [6.45, 7) is 4.41. The van der Waals surface area contributed by atoms with Gasteiger partial charge in [0.05, 0.1) is 15.9 Å². The monoisotopic (exact) mass is 391 g/mol. The molecule has 1 aromatic rings. The number of aryl methyl sites for hydroxylation is 2. The van der Waals surface area contributed by atoms with E-state index in [9.17, 15) is 0 Å². The Balaban J connectivity index is 2.05. The number of alkyl halides is 1. The molecule has 0 N–H and O–H groups in total. The predicted molar refractivity (Wildman–Crippen MR) is 86.7 cm³/mol. The summed E-state index contributed by atoms with van der Waals surface area (Å²) in [6.07, 6.45) is 6.25. The molecule has 0 aliphatic carbocycles. The van der Waals surface area contributed by atoms with Crippen molar-refractivity contribution in [2.45, 2.75) is 51.6 Å². The van der Waals surface area contributed by atoms with Gasteiger partial charge in [-0.1, -0.05) is 22.9 Å². The number of likely N-dealkylation sites (tertiary alicyclic amines) is 1. The van der Waals surface area contributed by atoms with Crippen LogP contribution >= 0.6 is 31.9 Å². The molecule has 1 fully saturated rings. The van der Waals surface area contributed by atoms with Crippen LogP contribution < -0.4 is 0 Å². The predicted octanol–water partition coefficient (Wildman–Crippen LogP) is 3.88. The van der Waals surface area contributed by atoms with E-state index in [1.165, 1.54) is 48.1 Å². The van der Waals surface area contributed by atoms with E-state index in [2.05, 4.69) is 55.8 Å². The summed E-state index contributed by atoms with van der Waals surface area (Å²) < 4.78 is 3.26. The van der Waals surface area contributed by atoms with Crippen LogP contribution in [0.4, 0.5) is 0 Å². The van der Waals surface area contributed by atoms with Gasteiger partial charge < -0.3 is 0 Å². The molecule has 1 aliphatic rings. The van der Waals surface area contributed by atoms with Crippen molar-refractivity contribution in [2.75, 3.05) is 11.9 Å². The maximum absolute atomic E-state index is 4.59. The summed E-state index contributed by atoms with van der Waals surface area (Å²) in [6, 6.07) is 0.754. The molecule has 3 nitrogen and oxygen atoms in total. The highest BCUT2D eigenvalue weighted by molar-refractivity contribution is 9.10. The zero-order valence-corrected chi connectivity index (χ0v) is 15.0. The van der Waals surface area contributed by atoms with Crippen LogP contribution in [0, 0.1) is 0 Å². The Labute approximate surface area is 133 Å². The normalized spacial score (nSPS) is 20.3. The maximum Gasteiger partial charge on any atom is 0.0767 e. The standard InChI is InChI=1S/C14H23Br2N3/c1-3-12-14(16)13(18(2)17-12)10-19-9-5-7-11(19)6-4-8-15/h11H,3-10H2,1-2H3. The zero-order chi connectivity index (χ0) is 13.8. The molecule has 0 radical (unpaired) electrons. The molecule has 2 rings (SSSR count). The Morgan fingerprint density at radius 3 is 2.84 bits per heavy atom. The fourth-order valence-corrected chi connectivity index (χ4v) is 3.99. The largest absolute Gasteiger partial charge is 0.295 e. The molecule has 1 aromatic heterocycles. The number of hydrogen-bond donors (Lipinski definition) is 0. The maximum atomic E-state index is 4.59. The summed E-state index contributed by atoms with van der Waals surface area (Å²) in [5.41, 5.74) is 2.50. The average molecular weight is 393 g/mol. The lowest BCUT2D eigenvalue weighted by Crippen LogP contribution is -2.30. The summed E-state index contributed by atoms with van der Waals surface area (Å²) in [5.74, 6) is 0. The molecule has 0 aromatic carbocycles. The van der Waals surface area contributed by atoms with Gasteiger partial charge in [0.1, 0.15) is 0 Å². The van der Waals surface area contributed by atoms with Crippen molar-refractivity contribution in [3.8, 4) is 0 Å². The van der Waals surface area contributed by atoms with E-state index in [0.29, 0.717) is 0 Å². The van der Waals surface area contributed by atoms with E-state index in [0.717, 1.165) is 24.3 Å². The molecule has 0 bridgehead atoms. The van der Waals surface area contributed by atoms with Gasteiger partial charge in [-0.15, -0.1) is 0 Å². The number of rotatable bonds is 6. The second-order valence-corrected chi connectivity index (χ2v) is 6.87. The zero-order valence-electron chi connectivity index (χ0n) is 11.8. The fraction of sp³-hybridized carbons (Fsp3) is 0.786. The molecule has 108 valence electrons. The van der Waals surface area contributed by atoms with Crippen molar-refractivity contribution in [1.29, 1.82) is 0 Å². The van der Waals surface area contributed by atoms with Gasteiger partial charge in [-0.05, 0) is 54.6 Å². The van der Waals surface area contributed by atoms with Crippen LogP contribution in [0.5, 0.6) is 0 Å². The Morgan fingerprint density at radius 1 is 1.42 bits per heavy atom. The number of nitrogens with zero attached hydrogens (tertiary/aromatic N) is 3. The Hall–Kier alpha value is 0.130. The van der Waals surface area contributed by atoms with Gasteiger partial charge in [0.15, 0.2) is 0 Å². The quantitative estimate of drug-likeness (QED) is 0.685. The molecule has 2 heterocycles. The van der Waals surface area contributed by atoms with E-state index in [1.807, 2.05) is 4.68 Å². The number of aromatic nitrogens is 2. The van der Waals surface area contributed by atoms with Gasteiger partial charge in [0.25, 0.3) is 0 Å². The Kier molecular flexibility index (Phi) is 5.90. The van der Waals surface area contributed by atoms with Crippen molar-refractivity contribution in [1.82, 2.24) is 14.7 Å². The summed E-state index contributed by atoms with van der Waals surface area (Å²) >= 11 is 7.26. The Bertz CT molecular complexity index is 417. The lowest BCUT2D eigenvalue weighted by molar-refractivity contribution is 0.228. The van der Waals surface area contributed by atoms with E-state index in [-0.39, 0.29) is 0 Å². The first kappa shape index (κ1) is 15.5. The highest BCUT2D eigenvalue weighted by Crippen LogP contribution is 2.28. The molecule has 1 unspecified atom stereocenters. The van der Waals surface area contributed by atoms with Gasteiger partial charge in [-0.3, -0.25) is 9.58 Å². The van der Waals surface area contributed by atoms with E-state index in [4.69, 9.17) is 0 Å². The summed E-state index contributed by atoms with van der Waals surface area (Å²) in [7, 11) is 2.06. The van der Waals surface area contributed by atoms with Gasteiger partial charge in [0, 0.05) is 25.0 Å². The molecular weight excluding hydrogens is 370 g/mol. The second-order valence-electron chi connectivity index (χ2n) is 5.28. The summed E-state index contributed by atoms with van der Waals surface area (Å²) in [4.78, 5) is 2.63. The molecule has 1 aliphatic heterocycles. The van der Waals surface area contributed by atoms with Crippen LogP contribution in [-0.2, 0) is 20.0 Å². The van der Waals surface area contributed by atoms with Gasteiger partial charge in [-0.2, -0.15) is 5.10 Å². The molecule has 5 heteroatoms. The van der Waals surface area contributed by atoms with Crippen molar-refractivity contribution in [3.05, 3.63) is 15.9 Å². The van der Waals surface area contributed by atoms with Gasteiger partial charge >= 0.3 is 0 Å². The van der Waals surface area contributed by atoms with Crippen LogP contribution in [0.1, 0.15) is 44.0 Å². The van der Waals surface area contributed by atoms with Crippen molar-refractivity contribution in [2.24, 2.45) is 7.05 Å². The topological polar surface area (TPSA) is 21.1 Å². The lowest BCUT2D eigenvalue weighted by atomic mass is 10.1. The third-order valence-corrected chi connectivity index (χ3v) is 5.50. The number of halogens is 2. The minimum absolute atomic E-state index is 0.754. The molecule has 1 atom stereocenters. The van der Waals surface area contributed by atoms with Crippen molar-refractivity contribution >= 4 is 31.9 Å². The van der Waals surface area contributed by atoms with Gasteiger partial charge in [0.2, 0.25) is 0 Å². The molecular formula is C14H23Br2N3. The minimum atomic E-state index is 0.754. The lowest BCUT2D eigenvalue weighted by Gasteiger charge is -2.24. The molecule has 0 saturated carbocycles.